The third-order valence-electron chi connectivity index (χ3n) is 6.49. The first-order valence-corrected chi connectivity index (χ1v) is 11.7. The van der Waals surface area contributed by atoms with Crippen LogP contribution in [0.1, 0.15) is 30.7 Å². The fraction of sp³-hybridized carbons (Fsp3) is 0.714. The van der Waals surface area contributed by atoms with Crippen molar-refractivity contribution < 1.29 is 25.6 Å². The van der Waals surface area contributed by atoms with Gasteiger partial charge in [0.15, 0.2) is 0 Å². The molecule has 2 heterocycles. The van der Waals surface area contributed by atoms with Crippen LogP contribution in [0.3, 0.4) is 0 Å². The average molecular weight is 541 g/mol. The zero-order valence-corrected chi connectivity index (χ0v) is 21.3. The predicted octanol–water partition coefficient (Wildman–Crippen LogP) is 2.77. The van der Waals surface area contributed by atoms with E-state index in [2.05, 4.69) is 34.3 Å². The number of fused-ring (bicyclic) bond motifs is 2. The molecule has 0 amide bonds. The summed E-state index contributed by atoms with van der Waals surface area (Å²) in [5.74, 6) is 2.83. The zero-order valence-electron chi connectivity index (χ0n) is 17.1. The average Bonchev–Trinajstić information content (AvgIpc) is 2.91. The second-order valence-corrected chi connectivity index (χ2v) is 9.23. The van der Waals surface area contributed by atoms with Crippen LogP contribution in [0.15, 0.2) is 24.3 Å². The molecular formula is C21H32ClN3OS2Tc. The molecular weight excluding hydrogens is 509 g/mol. The van der Waals surface area contributed by atoms with E-state index in [-0.39, 0.29) is 25.6 Å². The number of piperidine rings is 1. The summed E-state index contributed by atoms with van der Waals surface area (Å²) in [6.45, 7) is 5.08. The van der Waals surface area contributed by atoms with Gasteiger partial charge in [-0.05, 0) is 68.9 Å². The Morgan fingerprint density at radius 3 is 2.48 bits per heavy atom. The number of nitrogens with zero attached hydrogens (tertiary/aromatic N) is 2. The SMILES string of the molecule is CN1[C@H]2CC[C@@H]1[C@@H](CN(CC[S-])CCNCC[S-])[C@@H](c1ccc(Cl)cc1)C2.[99Tc+4].[O-2]. The molecule has 1 aromatic rings. The Balaban J connectivity index is 0.00000210. The van der Waals surface area contributed by atoms with Gasteiger partial charge in [0.2, 0.25) is 0 Å². The van der Waals surface area contributed by atoms with Crippen LogP contribution in [0, 0.1) is 5.92 Å². The number of hydrogen-bond donors (Lipinski definition) is 1. The maximum Gasteiger partial charge on any atom is 4.00 e. The van der Waals surface area contributed by atoms with Crippen molar-refractivity contribution in [3.8, 4) is 0 Å². The molecule has 4 nitrogen and oxygen atoms in total. The normalized spacial score (nSPS) is 26.2. The number of halogens is 1. The van der Waals surface area contributed by atoms with E-state index >= 15 is 0 Å². The van der Waals surface area contributed by atoms with E-state index in [9.17, 15) is 0 Å². The molecule has 0 spiro atoms. The van der Waals surface area contributed by atoms with Gasteiger partial charge in [-0.15, -0.1) is 0 Å². The minimum Gasteiger partial charge on any atom is -2.00 e. The first-order valence-electron chi connectivity index (χ1n) is 10.2. The van der Waals surface area contributed by atoms with E-state index in [4.69, 9.17) is 36.9 Å². The summed E-state index contributed by atoms with van der Waals surface area (Å²) in [6, 6.07) is 9.99. The molecule has 0 saturated carbocycles. The Hall–Kier alpha value is 0.699. The van der Waals surface area contributed by atoms with Crippen molar-refractivity contribution >= 4 is 36.9 Å². The van der Waals surface area contributed by atoms with Gasteiger partial charge >= 0.3 is 20.1 Å². The summed E-state index contributed by atoms with van der Waals surface area (Å²) < 4.78 is 0. The largest absolute Gasteiger partial charge is 4.00 e. The minimum atomic E-state index is 0. The van der Waals surface area contributed by atoms with Crippen molar-refractivity contribution in [2.24, 2.45) is 5.92 Å². The van der Waals surface area contributed by atoms with Crippen LogP contribution in [0.25, 0.3) is 0 Å². The second kappa shape index (κ2) is 14.0. The molecule has 4 atom stereocenters. The molecule has 1 N–H and O–H groups in total. The van der Waals surface area contributed by atoms with Gasteiger partial charge in [0, 0.05) is 36.7 Å². The van der Waals surface area contributed by atoms with Gasteiger partial charge in [-0.3, -0.25) is 0 Å². The number of nitrogens with one attached hydrogen (secondary N) is 1. The Bertz CT molecular complexity index is 584. The second-order valence-electron chi connectivity index (χ2n) is 7.98. The van der Waals surface area contributed by atoms with Crippen LogP contribution in [-0.4, -0.2) is 73.2 Å². The van der Waals surface area contributed by atoms with E-state index in [0.717, 1.165) is 55.3 Å². The van der Waals surface area contributed by atoms with Gasteiger partial charge in [-0.1, -0.05) is 23.7 Å². The number of benzene rings is 1. The standard InChI is InChI=1S/C21H34ClN3S2.O.Tc/c1-24-18-6-7-21(24)20(15-25(11-13-27)10-8-23-9-12-26)19(14-18)16-2-4-17(22)5-3-16;;/h2-5,18-21,23,26-27H,6-15H2,1H3;;/q;-2;+4/p-2/t18-,19+,20-,21+;;/m0../s1/i;;1+1. The first-order chi connectivity index (χ1) is 13.1. The number of hydrogen-bond acceptors (Lipinski definition) is 5. The van der Waals surface area contributed by atoms with Gasteiger partial charge in [-0.2, -0.15) is 11.5 Å². The van der Waals surface area contributed by atoms with Crippen molar-refractivity contribution in [3.63, 3.8) is 0 Å². The van der Waals surface area contributed by atoms with Crippen LogP contribution in [0.2, 0.25) is 5.02 Å². The van der Waals surface area contributed by atoms with Crippen molar-refractivity contribution in [3.05, 3.63) is 34.9 Å². The zero-order chi connectivity index (χ0) is 19.2. The summed E-state index contributed by atoms with van der Waals surface area (Å²) in [5, 5.41) is 4.27. The molecule has 2 aliphatic heterocycles. The Kier molecular flexibility index (Phi) is 13.4. The minimum absolute atomic E-state index is 0. The van der Waals surface area contributed by atoms with Crippen molar-refractivity contribution in [1.82, 2.24) is 15.1 Å². The molecule has 2 aliphatic rings. The summed E-state index contributed by atoms with van der Waals surface area (Å²) in [4.78, 5) is 5.22. The number of rotatable bonds is 10. The molecule has 29 heavy (non-hydrogen) atoms. The molecule has 0 unspecified atom stereocenters. The summed E-state index contributed by atoms with van der Waals surface area (Å²) >= 11 is 16.5. The summed E-state index contributed by atoms with van der Waals surface area (Å²) in [5.41, 5.74) is 1.46. The topological polar surface area (TPSA) is 47.0 Å². The molecule has 2 bridgehead atoms. The molecule has 8 heteroatoms. The van der Waals surface area contributed by atoms with Gasteiger partial charge < -0.3 is 45.9 Å². The van der Waals surface area contributed by atoms with Crippen molar-refractivity contribution in [1.29, 1.82) is 0 Å². The van der Waals surface area contributed by atoms with Crippen LogP contribution >= 0.6 is 11.6 Å². The monoisotopic (exact) mass is 540 g/mol. The van der Waals surface area contributed by atoms with Crippen molar-refractivity contribution in [2.75, 3.05) is 51.3 Å². The summed E-state index contributed by atoms with van der Waals surface area (Å²) in [7, 11) is 2.33. The summed E-state index contributed by atoms with van der Waals surface area (Å²) in [6.07, 6.45) is 3.92. The van der Waals surface area contributed by atoms with Crippen LogP contribution in [0.4, 0.5) is 0 Å². The molecule has 1 radical (unpaired) electrons. The third kappa shape index (κ3) is 7.37. The van der Waals surface area contributed by atoms with E-state index < -0.39 is 0 Å². The maximum atomic E-state index is 6.15. The smallest absolute Gasteiger partial charge is 2.00 e. The molecule has 2 saturated heterocycles. The van der Waals surface area contributed by atoms with Gasteiger partial charge in [0.1, 0.15) is 0 Å². The third-order valence-corrected chi connectivity index (χ3v) is 7.13. The van der Waals surface area contributed by atoms with Crippen LogP contribution in [-0.2, 0) is 50.8 Å². The van der Waals surface area contributed by atoms with E-state index in [0.29, 0.717) is 17.9 Å². The Morgan fingerprint density at radius 2 is 1.83 bits per heavy atom. The molecule has 1 aromatic carbocycles. The van der Waals surface area contributed by atoms with E-state index in [1.54, 1.807) is 0 Å². The Labute approximate surface area is 206 Å². The molecule has 0 aliphatic carbocycles. The molecule has 0 aromatic heterocycles. The van der Waals surface area contributed by atoms with Gasteiger partial charge in [-0.25, -0.2) is 0 Å². The molecule has 2 fully saturated rings. The van der Waals surface area contributed by atoms with E-state index in [1.807, 2.05) is 12.1 Å². The maximum absolute atomic E-state index is 6.15. The van der Waals surface area contributed by atoms with Crippen LogP contribution in [0.5, 0.6) is 0 Å². The van der Waals surface area contributed by atoms with Crippen molar-refractivity contribution in [2.45, 2.75) is 37.3 Å². The first kappa shape index (κ1) is 27.7. The van der Waals surface area contributed by atoms with Crippen LogP contribution < -0.4 is 5.32 Å². The van der Waals surface area contributed by atoms with E-state index in [1.165, 1.54) is 24.8 Å². The molecule has 3 rings (SSSR count). The van der Waals surface area contributed by atoms with Gasteiger partial charge in [0.25, 0.3) is 0 Å². The predicted molar refractivity (Wildman–Crippen MR) is 121 cm³/mol. The Morgan fingerprint density at radius 1 is 1.10 bits per heavy atom. The fourth-order valence-electron chi connectivity index (χ4n) is 5.08. The fourth-order valence-corrected chi connectivity index (χ4v) is 5.60. The quantitative estimate of drug-likeness (QED) is 0.365. The van der Waals surface area contributed by atoms with Gasteiger partial charge in [0.05, 0.1) is 0 Å². The molecule has 163 valence electrons.